The third-order valence-corrected chi connectivity index (χ3v) is 1.04. The molecule has 0 aliphatic carbocycles. The van der Waals surface area contributed by atoms with Gasteiger partial charge in [-0.25, -0.2) is 0 Å². The second-order valence-corrected chi connectivity index (χ2v) is 2.21. The highest BCUT2D eigenvalue weighted by Crippen LogP contribution is 1.93. The predicted molar refractivity (Wildman–Crippen MR) is 38.5 cm³/mol. The van der Waals surface area contributed by atoms with E-state index in [1.54, 1.807) is 6.92 Å². The third kappa shape index (κ3) is 5.75. The van der Waals surface area contributed by atoms with Crippen LogP contribution < -0.4 is 0 Å². The van der Waals surface area contributed by atoms with E-state index in [9.17, 15) is 0 Å². The molecule has 0 rings (SSSR count). The van der Waals surface area contributed by atoms with Crippen LogP contribution in [-0.4, -0.2) is 34.1 Å². The Labute approximate surface area is 60.6 Å². The standard InChI is InChI=1S/C7H14O3/c1-6(9)2-3-7(10)4-5-8/h2-3,6-10H,4-5H2,1H3/b3-2+. The van der Waals surface area contributed by atoms with E-state index in [2.05, 4.69) is 0 Å². The van der Waals surface area contributed by atoms with Crippen molar-refractivity contribution in [2.75, 3.05) is 6.61 Å². The van der Waals surface area contributed by atoms with Crippen LogP contribution in [0.2, 0.25) is 0 Å². The summed E-state index contributed by atoms with van der Waals surface area (Å²) in [5, 5.41) is 26.0. The van der Waals surface area contributed by atoms with Crippen LogP contribution in [0.5, 0.6) is 0 Å². The minimum atomic E-state index is -0.639. The molecule has 3 nitrogen and oxygen atoms in total. The molecule has 2 unspecified atom stereocenters. The van der Waals surface area contributed by atoms with Gasteiger partial charge < -0.3 is 15.3 Å². The molecule has 3 N–H and O–H groups in total. The van der Waals surface area contributed by atoms with Crippen molar-refractivity contribution in [2.24, 2.45) is 0 Å². The molecule has 10 heavy (non-hydrogen) atoms. The molecule has 60 valence electrons. The maximum atomic E-state index is 8.94. The molecule has 0 aliphatic heterocycles. The summed E-state index contributed by atoms with van der Waals surface area (Å²) in [4.78, 5) is 0. The van der Waals surface area contributed by atoms with Gasteiger partial charge in [-0.1, -0.05) is 12.2 Å². The van der Waals surface area contributed by atoms with Crippen molar-refractivity contribution in [3.8, 4) is 0 Å². The molecule has 0 heterocycles. The zero-order valence-electron chi connectivity index (χ0n) is 6.07. The lowest BCUT2D eigenvalue weighted by atomic mass is 10.2. The summed E-state index contributed by atoms with van der Waals surface area (Å²) in [7, 11) is 0. The largest absolute Gasteiger partial charge is 0.396 e. The van der Waals surface area contributed by atoms with Crippen molar-refractivity contribution in [2.45, 2.75) is 25.6 Å². The molecule has 0 spiro atoms. The molecule has 2 atom stereocenters. The minimum absolute atomic E-state index is 0.0364. The molecule has 0 saturated heterocycles. The molecule has 0 aromatic rings. The summed E-state index contributed by atoms with van der Waals surface area (Å²) in [6.07, 6.45) is 2.11. The first-order chi connectivity index (χ1) is 4.66. The molecule has 0 radical (unpaired) electrons. The van der Waals surface area contributed by atoms with Crippen molar-refractivity contribution in [3.05, 3.63) is 12.2 Å². The Balaban J connectivity index is 3.45. The second-order valence-electron chi connectivity index (χ2n) is 2.21. The minimum Gasteiger partial charge on any atom is -0.396 e. The van der Waals surface area contributed by atoms with Gasteiger partial charge in [-0.3, -0.25) is 0 Å². The number of hydrogen-bond donors (Lipinski definition) is 3. The Morgan fingerprint density at radius 2 is 1.90 bits per heavy atom. The topological polar surface area (TPSA) is 60.7 Å². The van der Waals surface area contributed by atoms with Crippen LogP contribution in [0.15, 0.2) is 12.2 Å². The van der Waals surface area contributed by atoms with E-state index in [0.29, 0.717) is 6.42 Å². The first-order valence-electron chi connectivity index (χ1n) is 3.32. The predicted octanol–water partition coefficient (Wildman–Crippen LogP) is -0.333. The quantitative estimate of drug-likeness (QED) is 0.476. The highest BCUT2D eigenvalue weighted by Gasteiger charge is 1.96. The molecular weight excluding hydrogens is 132 g/mol. The fraction of sp³-hybridized carbons (Fsp3) is 0.714. The molecule has 0 aromatic carbocycles. The van der Waals surface area contributed by atoms with E-state index < -0.39 is 12.2 Å². The highest BCUT2D eigenvalue weighted by atomic mass is 16.3. The molecular formula is C7H14O3. The summed E-state index contributed by atoms with van der Waals surface area (Å²) in [6.45, 7) is 1.56. The van der Waals surface area contributed by atoms with Crippen LogP contribution in [0.4, 0.5) is 0 Å². The van der Waals surface area contributed by atoms with Crippen LogP contribution in [-0.2, 0) is 0 Å². The van der Waals surface area contributed by atoms with E-state index in [4.69, 9.17) is 15.3 Å². The van der Waals surface area contributed by atoms with Gasteiger partial charge in [0.1, 0.15) is 0 Å². The van der Waals surface area contributed by atoms with Crippen molar-refractivity contribution >= 4 is 0 Å². The lowest BCUT2D eigenvalue weighted by molar-refractivity contribution is 0.167. The number of aliphatic hydroxyl groups excluding tert-OH is 3. The monoisotopic (exact) mass is 146 g/mol. The molecule has 0 saturated carbocycles. The van der Waals surface area contributed by atoms with Gasteiger partial charge in [-0.05, 0) is 13.3 Å². The lowest BCUT2D eigenvalue weighted by Gasteiger charge is -2.01. The lowest BCUT2D eigenvalue weighted by Crippen LogP contribution is -2.06. The number of rotatable bonds is 4. The van der Waals surface area contributed by atoms with Gasteiger partial charge in [0.2, 0.25) is 0 Å². The molecule has 3 heteroatoms. The third-order valence-electron chi connectivity index (χ3n) is 1.04. The average molecular weight is 146 g/mol. The van der Waals surface area contributed by atoms with E-state index in [1.807, 2.05) is 0 Å². The van der Waals surface area contributed by atoms with Gasteiger partial charge in [0.05, 0.1) is 12.2 Å². The van der Waals surface area contributed by atoms with Crippen molar-refractivity contribution < 1.29 is 15.3 Å². The van der Waals surface area contributed by atoms with Crippen LogP contribution in [0.3, 0.4) is 0 Å². The average Bonchev–Trinajstić information content (AvgIpc) is 1.85. The van der Waals surface area contributed by atoms with Crippen LogP contribution in [0, 0.1) is 0 Å². The van der Waals surface area contributed by atoms with Gasteiger partial charge in [0.25, 0.3) is 0 Å². The Hall–Kier alpha value is -0.380. The zero-order chi connectivity index (χ0) is 7.98. The summed E-state index contributed by atoms with van der Waals surface area (Å²) in [5.74, 6) is 0. The first kappa shape index (κ1) is 9.62. The second kappa shape index (κ2) is 5.41. The molecule has 0 aliphatic rings. The Morgan fingerprint density at radius 1 is 1.30 bits per heavy atom. The molecule has 0 fully saturated rings. The fourth-order valence-corrected chi connectivity index (χ4v) is 0.518. The van der Waals surface area contributed by atoms with E-state index in [-0.39, 0.29) is 6.61 Å². The summed E-state index contributed by atoms with van der Waals surface area (Å²) < 4.78 is 0. The Morgan fingerprint density at radius 3 is 2.30 bits per heavy atom. The number of hydrogen-bond acceptors (Lipinski definition) is 3. The zero-order valence-corrected chi connectivity index (χ0v) is 6.07. The Kier molecular flexibility index (Phi) is 5.20. The van der Waals surface area contributed by atoms with Gasteiger partial charge in [0, 0.05) is 6.61 Å². The Bertz CT molecular complexity index is 99.0. The summed E-state index contributed by atoms with van der Waals surface area (Å²) in [5.41, 5.74) is 0. The maximum Gasteiger partial charge on any atom is 0.0743 e. The van der Waals surface area contributed by atoms with Gasteiger partial charge in [0.15, 0.2) is 0 Å². The van der Waals surface area contributed by atoms with Crippen molar-refractivity contribution in [1.82, 2.24) is 0 Å². The summed E-state index contributed by atoms with van der Waals surface area (Å²) in [6, 6.07) is 0. The maximum absolute atomic E-state index is 8.94. The van der Waals surface area contributed by atoms with E-state index in [1.165, 1.54) is 12.2 Å². The SMILES string of the molecule is CC(O)/C=C/C(O)CCO. The molecule has 0 aromatic heterocycles. The smallest absolute Gasteiger partial charge is 0.0743 e. The van der Waals surface area contributed by atoms with Crippen LogP contribution in [0.25, 0.3) is 0 Å². The number of aliphatic hydroxyl groups is 3. The van der Waals surface area contributed by atoms with E-state index >= 15 is 0 Å². The van der Waals surface area contributed by atoms with Crippen LogP contribution >= 0.6 is 0 Å². The van der Waals surface area contributed by atoms with Crippen molar-refractivity contribution in [1.29, 1.82) is 0 Å². The molecule has 0 amide bonds. The van der Waals surface area contributed by atoms with Crippen molar-refractivity contribution in [3.63, 3.8) is 0 Å². The molecule has 0 bridgehead atoms. The fourth-order valence-electron chi connectivity index (χ4n) is 0.518. The van der Waals surface area contributed by atoms with E-state index in [0.717, 1.165) is 0 Å². The highest BCUT2D eigenvalue weighted by molar-refractivity contribution is 4.91. The van der Waals surface area contributed by atoms with Gasteiger partial charge >= 0.3 is 0 Å². The van der Waals surface area contributed by atoms with Gasteiger partial charge in [-0.15, -0.1) is 0 Å². The van der Waals surface area contributed by atoms with Crippen LogP contribution in [0.1, 0.15) is 13.3 Å². The first-order valence-corrected chi connectivity index (χ1v) is 3.32. The van der Waals surface area contributed by atoms with Gasteiger partial charge in [-0.2, -0.15) is 0 Å². The normalized spacial score (nSPS) is 17.6. The summed E-state index contributed by atoms with van der Waals surface area (Å²) >= 11 is 0.